The number of aromatic nitrogens is 1. The van der Waals surface area contributed by atoms with E-state index in [2.05, 4.69) is 11.4 Å². The van der Waals surface area contributed by atoms with Crippen molar-refractivity contribution in [3.8, 4) is 28.8 Å². The molecule has 1 aliphatic carbocycles. The molecule has 1 fully saturated rings. The third-order valence-corrected chi connectivity index (χ3v) is 6.43. The highest BCUT2D eigenvalue weighted by Gasteiger charge is 2.16. The molecule has 0 saturated heterocycles. The van der Waals surface area contributed by atoms with Crippen LogP contribution in [-0.2, 0) is 0 Å². The largest absolute Gasteiger partial charge is 0.497 e. The summed E-state index contributed by atoms with van der Waals surface area (Å²) in [6.45, 7) is 0. The van der Waals surface area contributed by atoms with Gasteiger partial charge in [0.1, 0.15) is 11.5 Å². The number of hydrogen-bond donors (Lipinski definition) is 0. The van der Waals surface area contributed by atoms with Gasteiger partial charge in [0.2, 0.25) is 4.80 Å². The second-order valence-electron chi connectivity index (χ2n) is 7.68. The normalized spacial score (nSPS) is 15.1. The van der Waals surface area contributed by atoms with Crippen LogP contribution in [0.25, 0.3) is 11.3 Å². The summed E-state index contributed by atoms with van der Waals surface area (Å²) in [4.78, 5) is 5.92. The summed E-state index contributed by atoms with van der Waals surface area (Å²) in [6.07, 6.45) is 7.78. The molecule has 0 aliphatic heterocycles. The SMILES string of the molecule is COc1ccc(OC)c(-c2csc(=NC3CCCCC3)n2/N=C\c2ccc(C#N)cc2)c1. The molecular weight excluding hydrogens is 420 g/mol. The Labute approximate surface area is 192 Å². The Kier molecular flexibility index (Phi) is 7.03. The van der Waals surface area contributed by atoms with Gasteiger partial charge in [-0.15, -0.1) is 11.3 Å². The highest BCUT2D eigenvalue weighted by Crippen LogP contribution is 2.34. The fraction of sp³-hybridized carbons (Fsp3) is 0.320. The Balaban J connectivity index is 1.81. The van der Waals surface area contributed by atoms with Gasteiger partial charge in [-0.3, -0.25) is 4.99 Å². The zero-order valence-corrected chi connectivity index (χ0v) is 19.1. The van der Waals surface area contributed by atoms with Crippen molar-refractivity contribution >= 4 is 17.6 Å². The number of methoxy groups -OCH3 is 2. The predicted molar refractivity (Wildman–Crippen MR) is 127 cm³/mol. The van der Waals surface area contributed by atoms with Crippen LogP contribution >= 0.6 is 11.3 Å². The van der Waals surface area contributed by atoms with E-state index in [-0.39, 0.29) is 0 Å². The minimum atomic E-state index is 0.332. The quantitative estimate of drug-likeness (QED) is 0.487. The van der Waals surface area contributed by atoms with Gasteiger partial charge in [-0.2, -0.15) is 10.4 Å². The van der Waals surface area contributed by atoms with E-state index in [1.807, 2.05) is 35.0 Å². The number of ether oxygens (including phenoxy) is 2. The molecule has 0 unspecified atom stereocenters. The minimum absolute atomic E-state index is 0.332. The van der Waals surface area contributed by atoms with Gasteiger partial charge in [0.15, 0.2) is 0 Å². The zero-order chi connectivity index (χ0) is 22.3. The lowest BCUT2D eigenvalue weighted by Crippen LogP contribution is -2.19. The fourth-order valence-electron chi connectivity index (χ4n) is 3.83. The molecule has 0 radical (unpaired) electrons. The summed E-state index contributed by atoms with van der Waals surface area (Å²) >= 11 is 1.58. The molecular formula is C25H26N4O2S. The third kappa shape index (κ3) is 4.92. The predicted octanol–water partition coefficient (Wildman–Crippen LogP) is 5.22. The highest BCUT2D eigenvalue weighted by atomic mass is 32.1. The Hall–Kier alpha value is -3.37. The number of hydrogen-bond acceptors (Lipinski definition) is 6. The average Bonchev–Trinajstić information content (AvgIpc) is 3.25. The van der Waals surface area contributed by atoms with Gasteiger partial charge in [0, 0.05) is 10.9 Å². The number of nitriles is 1. The Bertz CT molecular complexity index is 1200. The lowest BCUT2D eigenvalue weighted by atomic mass is 9.96. The molecule has 164 valence electrons. The average molecular weight is 447 g/mol. The van der Waals surface area contributed by atoms with Crippen molar-refractivity contribution in [1.82, 2.24) is 4.68 Å². The molecule has 4 rings (SSSR count). The molecule has 7 heteroatoms. The van der Waals surface area contributed by atoms with Crippen molar-refractivity contribution in [1.29, 1.82) is 5.26 Å². The lowest BCUT2D eigenvalue weighted by molar-refractivity contribution is 0.404. The number of rotatable bonds is 6. The van der Waals surface area contributed by atoms with Crippen LogP contribution in [0.5, 0.6) is 11.5 Å². The van der Waals surface area contributed by atoms with E-state index in [4.69, 9.17) is 24.8 Å². The summed E-state index contributed by atoms with van der Waals surface area (Å²) in [5.74, 6) is 1.50. The maximum Gasteiger partial charge on any atom is 0.206 e. The number of nitrogens with zero attached hydrogens (tertiary/aromatic N) is 4. The molecule has 0 amide bonds. The molecule has 1 saturated carbocycles. The van der Waals surface area contributed by atoms with Crippen molar-refractivity contribution < 1.29 is 9.47 Å². The Morgan fingerprint density at radius 1 is 1.06 bits per heavy atom. The number of thiazole rings is 1. The summed E-state index contributed by atoms with van der Waals surface area (Å²) in [7, 11) is 3.31. The first-order chi connectivity index (χ1) is 15.7. The molecule has 3 aromatic rings. The van der Waals surface area contributed by atoms with Crippen LogP contribution in [-0.4, -0.2) is 31.2 Å². The smallest absolute Gasteiger partial charge is 0.206 e. The van der Waals surface area contributed by atoms with Crippen LogP contribution in [0.15, 0.2) is 57.9 Å². The van der Waals surface area contributed by atoms with Crippen LogP contribution < -0.4 is 14.3 Å². The first-order valence-corrected chi connectivity index (χ1v) is 11.6. The van der Waals surface area contributed by atoms with E-state index in [0.29, 0.717) is 11.6 Å². The Morgan fingerprint density at radius 2 is 1.84 bits per heavy atom. The van der Waals surface area contributed by atoms with Crippen molar-refractivity contribution in [3.05, 3.63) is 63.8 Å². The minimum Gasteiger partial charge on any atom is -0.497 e. The highest BCUT2D eigenvalue weighted by molar-refractivity contribution is 7.07. The van der Waals surface area contributed by atoms with E-state index in [9.17, 15) is 0 Å². The first-order valence-electron chi connectivity index (χ1n) is 10.7. The summed E-state index contributed by atoms with van der Waals surface area (Å²) in [5.41, 5.74) is 3.32. The van der Waals surface area contributed by atoms with Crippen LogP contribution in [0.1, 0.15) is 43.2 Å². The van der Waals surface area contributed by atoms with E-state index in [0.717, 1.165) is 46.0 Å². The lowest BCUT2D eigenvalue weighted by Gasteiger charge is -2.17. The van der Waals surface area contributed by atoms with Crippen LogP contribution in [0.2, 0.25) is 0 Å². The van der Waals surface area contributed by atoms with E-state index in [1.54, 1.807) is 43.9 Å². The first kappa shape index (κ1) is 21.8. The standard InChI is InChI=1S/C25H26N4O2S/c1-30-21-12-13-24(31-2)22(14-21)23-17-32-25(28-20-6-4-3-5-7-20)29(23)27-16-19-10-8-18(15-26)9-11-19/h8-14,16-17,20H,3-7H2,1-2H3/b27-16-,28-25?. The fourth-order valence-corrected chi connectivity index (χ4v) is 4.73. The maximum absolute atomic E-state index is 9.03. The van der Waals surface area contributed by atoms with Gasteiger partial charge < -0.3 is 9.47 Å². The van der Waals surface area contributed by atoms with Gasteiger partial charge in [-0.1, -0.05) is 31.4 Å². The van der Waals surface area contributed by atoms with Crippen molar-refractivity contribution in [2.45, 2.75) is 38.1 Å². The maximum atomic E-state index is 9.03. The van der Waals surface area contributed by atoms with Gasteiger partial charge in [-0.05, 0) is 48.7 Å². The molecule has 0 N–H and O–H groups in total. The van der Waals surface area contributed by atoms with Crippen molar-refractivity contribution in [3.63, 3.8) is 0 Å². The van der Waals surface area contributed by atoms with Crippen molar-refractivity contribution in [2.24, 2.45) is 10.1 Å². The van der Waals surface area contributed by atoms with E-state index >= 15 is 0 Å². The zero-order valence-electron chi connectivity index (χ0n) is 18.3. The summed E-state index contributed by atoms with van der Waals surface area (Å²) in [6, 6.07) is 15.6. The number of benzene rings is 2. The monoisotopic (exact) mass is 446 g/mol. The van der Waals surface area contributed by atoms with Crippen LogP contribution in [0, 0.1) is 11.3 Å². The molecule has 1 aromatic heterocycles. The molecule has 0 spiro atoms. The summed E-state index contributed by atoms with van der Waals surface area (Å²) in [5, 5.41) is 15.9. The second-order valence-corrected chi connectivity index (χ2v) is 8.52. The molecule has 0 bridgehead atoms. The van der Waals surface area contributed by atoms with Gasteiger partial charge in [-0.25, -0.2) is 4.68 Å². The van der Waals surface area contributed by atoms with Gasteiger partial charge in [0.05, 0.1) is 43.8 Å². The van der Waals surface area contributed by atoms with E-state index in [1.165, 1.54) is 19.3 Å². The van der Waals surface area contributed by atoms with Crippen LogP contribution in [0.4, 0.5) is 0 Å². The molecule has 1 heterocycles. The van der Waals surface area contributed by atoms with Gasteiger partial charge >= 0.3 is 0 Å². The second kappa shape index (κ2) is 10.3. The Morgan fingerprint density at radius 3 is 2.53 bits per heavy atom. The van der Waals surface area contributed by atoms with Crippen molar-refractivity contribution in [2.75, 3.05) is 14.2 Å². The third-order valence-electron chi connectivity index (χ3n) is 5.60. The molecule has 2 aromatic carbocycles. The van der Waals surface area contributed by atoms with E-state index < -0.39 is 0 Å². The molecule has 1 aliphatic rings. The van der Waals surface area contributed by atoms with Gasteiger partial charge in [0.25, 0.3) is 0 Å². The summed E-state index contributed by atoms with van der Waals surface area (Å²) < 4.78 is 13.0. The molecule has 0 atom stereocenters. The van der Waals surface area contributed by atoms with Crippen LogP contribution in [0.3, 0.4) is 0 Å². The molecule has 6 nitrogen and oxygen atoms in total. The molecule has 32 heavy (non-hydrogen) atoms. The topological polar surface area (TPSA) is 71.9 Å².